The average molecular weight is 462 g/mol. The number of nitrogens with zero attached hydrogens (tertiary/aromatic N) is 1. The van der Waals surface area contributed by atoms with Crippen molar-refractivity contribution in [1.29, 1.82) is 0 Å². The van der Waals surface area contributed by atoms with Gasteiger partial charge in [-0.25, -0.2) is 4.21 Å². The zero-order valence-electron chi connectivity index (χ0n) is 16.6. The van der Waals surface area contributed by atoms with Crippen LogP contribution in [0.2, 0.25) is 0 Å². The molecule has 2 N–H and O–H groups in total. The number of para-hydroxylation sites is 1. The minimum Gasteiger partial charge on any atom is -0.508 e. The van der Waals surface area contributed by atoms with Crippen LogP contribution in [0.4, 0.5) is 5.69 Å². The third kappa shape index (κ3) is 7.09. The summed E-state index contributed by atoms with van der Waals surface area (Å²) in [5.41, 5.74) is 2.50. The molecule has 1 unspecified atom stereocenters. The number of aromatic hydroxyl groups is 1. The van der Waals surface area contributed by atoms with Gasteiger partial charge in [0.1, 0.15) is 17.3 Å². The number of hydrogen-bond acceptors (Lipinski definition) is 6. The van der Waals surface area contributed by atoms with Gasteiger partial charge in [-0.3, -0.25) is 0 Å². The summed E-state index contributed by atoms with van der Waals surface area (Å²) in [5.74, 6) is 0.101. The first-order valence-corrected chi connectivity index (χ1v) is 12.4. The lowest BCUT2D eigenvalue weighted by Gasteiger charge is -2.24. The molecule has 31 heavy (non-hydrogen) atoms. The predicted molar refractivity (Wildman–Crippen MR) is 122 cm³/mol. The fourth-order valence-corrected chi connectivity index (χ4v) is 4.27. The number of phenolic OH excluding ortho intramolecular Hbond substituents is 1. The summed E-state index contributed by atoms with van der Waals surface area (Å²) in [6.45, 7) is 0.360. The van der Waals surface area contributed by atoms with Gasteiger partial charge < -0.3 is 18.7 Å². The highest BCUT2D eigenvalue weighted by molar-refractivity contribution is 7.87. The maximum absolute atomic E-state index is 12.5. The number of hydrogen-bond donors (Lipinski definition) is 2. The van der Waals surface area contributed by atoms with E-state index in [0.29, 0.717) is 0 Å². The Morgan fingerprint density at radius 2 is 1.42 bits per heavy atom. The Hall–Kier alpha value is -2.88. The molecule has 7 nitrogen and oxygen atoms in total. The number of phenols is 1. The highest BCUT2D eigenvalue weighted by Crippen LogP contribution is 2.25. The van der Waals surface area contributed by atoms with Crippen molar-refractivity contribution in [3.63, 3.8) is 0 Å². The summed E-state index contributed by atoms with van der Waals surface area (Å²) in [5, 5.41) is 9.38. The van der Waals surface area contributed by atoms with Crippen molar-refractivity contribution in [3.8, 4) is 22.6 Å². The zero-order chi connectivity index (χ0) is 22.3. The lowest BCUT2D eigenvalue weighted by Crippen LogP contribution is -2.33. The molecule has 3 rings (SSSR count). The van der Waals surface area contributed by atoms with E-state index in [1.165, 1.54) is 0 Å². The summed E-state index contributed by atoms with van der Waals surface area (Å²) in [7, 11) is -3.87. The van der Waals surface area contributed by atoms with E-state index in [1.54, 1.807) is 53.4 Å². The van der Waals surface area contributed by atoms with Gasteiger partial charge in [0.25, 0.3) is 0 Å². The lowest BCUT2D eigenvalue weighted by molar-refractivity contribution is 0.475. The first-order valence-electron chi connectivity index (χ1n) is 9.51. The van der Waals surface area contributed by atoms with E-state index in [0.717, 1.165) is 16.8 Å². The zero-order valence-corrected chi connectivity index (χ0v) is 18.3. The van der Waals surface area contributed by atoms with E-state index < -0.39 is 21.2 Å². The number of benzene rings is 3. The molecule has 9 heteroatoms. The Kier molecular flexibility index (Phi) is 7.67. The van der Waals surface area contributed by atoms with Crippen LogP contribution in [0.1, 0.15) is 0 Å². The van der Waals surface area contributed by atoms with Gasteiger partial charge in [0.15, 0.2) is 11.1 Å². The highest BCUT2D eigenvalue weighted by Gasteiger charge is 2.17. The van der Waals surface area contributed by atoms with E-state index >= 15 is 0 Å². The molecule has 0 bridgehead atoms. The van der Waals surface area contributed by atoms with Crippen LogP contribution in [0.5, 0.6) is 11.5 Å². The van der Waals surface area contributed by atoms with E-state index in [4.69, 9.17) is 8.74 Å². The van der Waals surface area contributed by atoms with Crippen LogP contribution in [-0.4, -0.2) is 46.9 Å². The minimum absolute atomic E-state index is 0.00845. The van der Waals surface area contributed by atoms with Gasteiger partial charge >= 0.3 is 10.1 Å². The summed E-state index contributed by atoms with van der Waals surface area (Å²) in [6.07, 6.45) is 0. The minimum atomic E-state index is -3.87. The van der Waals surface area contributed by atoms with Gasteiger partial charge in [0.2, 0.25) is 0 Å². The van der Waals surface area contributed by atoms with Crippen molar-refractivity contribution in [2.24, 2.45) is 0 Å². The largest absolute Gasteiger partial charge is 0.508 e. The standard InChI is InChI=1S/C22H23NO6S2/c24-21-10-6-18(7-11-21)19-8-12-22(13-9-19)29-31(27,28)17-15-23(14-16-30(25)26)20-4-2-1-3-5-20/h1-13,24H,14-17H2,(H,25,26). The van der Waals surface area contributed by atoms with Gasteiger partial charge in [-0.15, -0.1) is 0 Å². The maximum atomic E-state index is 12.5. The van der Waals surface area contributed by atoms with Crippen LogP contribution in [0.3, 0.4) is 0 Å². The Morgan fingerprint density at radius 1 is 0.839 bits per heavy atom. The van der Waals surface area contributed by atoms with Crippen molar-refractivity contribution in [1.82, 2.24) is 0 Å². The van der Waals surface area contributed by atoms with Crippen LogP contribution in [0.15, 0.2) is 78.9 Å². The molecule has 0 spiro atoms. The lowest BCUT2D eigenvalue weighted by atomic mass is 10.1. The van der Waals surface area contributed by atoms with Crippen LogP contribution < -0.4 is 9.08 Å². The Bertz CT molecular complexity index is 1100. The highest BCUT2D eigenvalue weighted by atomic mass is 32.2. The van der Waals surface area contributed by atoms with Crippen LogP contribution in [0.25, 0.3) is 11.1 Å². The molecule has 164 valence electrons. The topological polar surface area (TPSA) is 104 Å². The Balaban J connectivity index is 1.64. The van der Waals surface area contributed by atoms with Crippen LogP contribution >= 0.6 is 0 Å². The molecular formula is C22H23NO6S2. The van der Waals surface area contributed by atoms with Crippen molar-refractivity contribution >= 4 is 26.9 Å². The summed E-state index contributed by atoms with van der Waals surface area (Å²) >= 11 is -1.97. The first kappa shape index (κ1) is 22.8. The fraction of sp³-hybridized carbons (Fsp3) is 0.182. The third-order valence-electron chi connectivity index (χ3n) is 4.55. The second kappa shape index (κ2) is 10.4. The van der Waals surface area contributed by atoms with E-state index in [2.05, 4.69) is 0 Å². The summed E-state index contributed by atoms with van der Waals surface area (Å²) in [4.78, 5) is 1.74. The van der Waals surface area contributed by atoms with Crippen molar-refractivity contribution in [2.45, 2.75) is 0 Å². The second-order valence-electron chi connectivity index (χ2n) is 6.76. The summed E-state index contributed by atoms with van der Waals surface area (Å²) < 4.78 is 50.3. The second-order valence-corrected chi connectivity index (χ2v) is 9.51. The SMILES string of the molecule is O=S(O)CCN(CCS(=O)(=O)Oc1ccc(-c2ccc(O)cc2)cc1)c1ccccc1. The van der Waals surface area contributed by atoms with Crippen molar-refractivity contribution < 1.29 is 26.5 Å². The number of anilines is 1. The molecule has 0 saturated heterocycles. The molecule has 3 aromatic rings. The van der Waals surface area contributed by atoms with Crippen molar-refractivity contribution in [2.75, 3.05) is 29.5 Å². The molecular weight excluding hydrogens is 438 g/mol. The molecule has 1 atom stereocenters. The van der Waals surface area contributed by atoms with E-state index in [9.17, 15) is 17.7 Å². The molecule has 0 fully saturated rings. The van der Waals surface area contributed by atoms with Gasteiger partial charge in [0.05, 0.1) is 5.75 Å². The molecule has 0 aliphatic heterocycles. The summed E-state index contributed by atoms with van der Waals surface area (Å²) in [6, 6.07) is 22.4. The first-order chi connectivity index (χ1) is 14.8. The van der Waals surface area contributed by atoms with E-state index in [1.807, 2.05) is 30.3 Å². The Morgan fingerprint density at radius 3 is 2.00 bits per heavy atom. The molecule has 0 aliphatic rings. The molecule has 0 amide bonds. The van der Waals surface area contributed by atoms with Crippen molar-refractivity contribution in [3.05, 3.63) is 78.9 Å². The van der Waals surface area contributed by atoms with Gasteiger partial charge in [-0.1, -0.05) is 42.5 Å². The van der Waals surface area contributed by atoms with Gasteiger partial charge in [0, 0.05) is 18.8 Å². The fourth-order valence-electron chi connectivity index (χ4n) is 2.96. The van der Waals surface area contributed by atoms with Gasteiger partial charge in [-0.2, -0.15) is 8.42 Å². The molecule has 0 saturated carbocycles. The quantitative estimate of drug-likeness (QED) is 0.352. The Labute approximate surface area is 184 Å². The number of rotatable bonds is 10. The normalized spacial score (nSPS) is 12.3. The van der Waals surface area contributed by atoms with Gasteiger partial charge in [-0.05, 0) is 47.5 Å². The molecule has 0 aliphatic carbocycles. The predicted octanol–water partition coefficient (Wildman–Crippen LogP) is 3.50. The van der Waals surface area contributed by atoms with E-state index in [-0.39, 0.29) is 36.1 Å². The maximum Gasteiger partial charge on any atom is 0.310 e. The third-order valence-corrected chi connectivity index (χ3v) is 6.21. The molecule has 3 aromatic carbocycles. The molecule has 0 aromatic heterocycles. The smallest absolute Gasteiger partial charge is 0.310 e. The monoisotopic (exact) mass is 461 g/mol. The van der Waals surface area contributed by atoms with Crippen LogP contribution in [0, 0.1) is 0 Å². The molecule has 0 heterocycles. The van der Waals surface area contributed by atoms with Crippen LogP contribution in [-0.2, 0) is 21.2 Å². The molecule has 0 radical (unpaired) electrons. The average Bonchev–Trinajstić information content (AvgIpc) is 2.75.